The summed E-state index contributed by atoms with van der Waals surface area (Å²) in [5.74, 6) is 5.01. The standard InChI is InChI=1S/C32H54O/c1-3-5-6-7-12-30-13-8-9-14-31(30)15-10-26-33-32-24-22-29(23-25-32)21-20-28-18-16-27(11-4-2)17-19-28/h22-25,27-28,30-31H,3-21,26H2,1-2H3. The lowest BCUT2D eigenvalue weighted by Gasteiger charge is -2.31. The second-order valence-electron chi connectivity index (χ2n) is 11.5. The van der Waals surface area contributed by atoms with Gasteiger partial charge in [-0.15, -0.1) is 0 Å². The molecule has 2 aliphatic carbocycles. The Morgan fingerprint density at radius 3 is 1.91 bits per heavy atom. The number of hydrogen-bond donors (Lipinski definition) is 0. The van der Waals surface area contributed by atoms with Gasteiger partial charge in [0.2, 0.25) is 0 Å². The molecule has 0 aromatic heterocycles. The molecule has 0 heterocycles. The van der Waals surface area contributed by atoms with Crippen molar-refractivity contribution in [3.8, 4) is 5.75 Å². The topological polar surface area (TPSA) is 9.23 Å². The lowest BCUT2D eigenvalue weighted by Crippen LogP contribution is -2.20. The second-order valence-corrected chi connectivity index (χ2v) is 11.5. The van der Waals surface area contributed by atoms with Crippen molar-refractivity contribution in [1.29, 1.82) is 0 Å². The Bertz CT molecular complexity index is 597. The molecule has 33 heavy (non-hydrogen) atoms. The zero-order valence-corrected chi connectivity index (χ0v) is 22.2. The van der Waals surface area contributed by atoms with Crippen LogP contribution in [0.2, 0.25) is 0 Å². The first-order valence-corrected chi connectivity index (χ1v) is 15.0. The van der Waals surface area contributed by atoms with E-state index in [9.17, 15) is 0 Å². The minimum absolute atomic E-state index is 0.888. The predicted octanol–water partition coefficient (Wildman–Crippen LogP) is 10.2. The molecule has 1 aromatic rings. The van der Waals surface area contributed by atoms with E-state index in [0.717, 1.165) is 36.0 Å². The van der Waals surface area contributed by atoms with Gasteiger partial charge in [0.1, 0.15) is 5.75 Å². The minimum atomic E-state index is 0.888. The molecule has 3 rings (SSSR count). The zero-order chi connectivity index (χ0) is 23.1. The smallest absolute Gasteiger partial charge is 0.119 e. The summed E-state index contributed by atoms with van der Waals surface area (Å²) in [6.07, 6.45) is 26.9. The van der Waals surface area contributed by atoms with Crippen molar-refractivity contribution >= 4 is 0 Å². The van der Waals surface area contributed by atoms with Crippen LogP contribution in [-0.4, -0.2) is 6.61 Å². The maximum Gasteiger partial charge on any atom is 0.119 e. The Morgan fingerprint density at radius 1 is 0.636 bits per heavy atom. The Morgan fingerprint density at radius 2 is 1.27 bits per heavy atom. The molecule has 2 aliphatic rings. The van der Waals surface area contributed by atoms with E-state index in [0.29, 0.717) is 0 Å². The van der Waals surface area contributed by atoms with Gasteiger partial charge in [-0.1, -0.05) is 122 Å². The van der Waals surface area contributed by atoms with Gasteiger partial charge in [0, 0.05) is 0 Å². The Hall–Kier alpha value is -0.980. The molecular weight excluding hydrogens is 400 g/mol. The lowest BCUT2D eigenvalue weighted by atomic mass is 9.74. The van der Waals surface area contributed by atoms with Crippen molar-refractivity contribution in [2.45, 2.75) is 136 Å². The number of benzene rings is 1. The highest BCUT2D eigenvalue weighted by molar-refractivity contribution is 5.27. The van der Waals surface area contributed by atoms with Gasteiger partial charge in [-0.05, 0) is 67.1 Å². The molecule has 1 heteroatoms. The molecule has 2 fully saturated rings. The molecule has 0 spiro atoms. The number of hydrogen-bond acceptors (Lipinski definition) is 1. The fourth-order valence-electron chi connectivity index (χ4n) is 6.75. The lowest BCUT2D eigenvalue weighted by molar-refractivity contribution is 0.190. The van der Waals surface area contributed by atoms with Gasteiger partial charge in [-0.25, -0.2) is 0 Å². The summed E-state index contributed by atoms with van der Waals surface area (Å²) in [5.41, 5.74) is 1.49. The van der Waals surface area contributed by atoms with Crippen molar-refractivity contribution in [2.75, 3.05) is 6.61 Å². The van der Waals surface area contributed by atoms with Crippen LogP contribution >= 0.6 is 0 Å². The van der Waals surface area contributed by atoms with Crippen LogP contribution in [-0.2, 0) is 6.42 Å². The summed E-state index contributed by atoms with van der Waals surface area (Å²) >= 11 is 0. The number of unbranched alkanes of at least 4 members (excludes halogenated alkanes) is 3. The van der Waals surface area contributed by atoms with Crippen molar-refractivity contribution in [3.63, 3.8) is 0 Å². The first-order valence-electron chi connectivity index (χ1n) is 15.0. The van der Waals surface area contributed by atoms with E-state index in [-0.39, 0.29) is 0 Å². The molecule has 0 bridgehead atoms. The normalized spacial score (nSPS) is 25.8. The van der Waals surface area contributed by atoms with Gasteiger partial charge in [-0.3, -0.25) is 0 Å². The van der Waals surface area contributed by atoms with Crippen molar-refractivity contribution in [3.05, 3.63) is 29.8 Å². The number of ether oxygens (including phenoxy) is 1. The van der Waals surface area contributed by atoms with Crippen molar-refractivity contribution in [1.82, 2.24) is 0 Å². The highest BCUT2D eigenvalue weighted by atomic mass is 16.5. The third-order valence-corrected chi connectivity index (χ3v) is 8.91. The molecule has 188 valence electrons. The Kier molecular flexibility index (Phi) is 12.8. The van der Waals surface area contributed by atoms with E-state index < -0.39 is 0 Å². The third kappa shape index (κ3) is 10.0. The molecule has 0 aliphatic heterocycles. The van der Waals surface area contributed by atoms with Gasteiger partial charge in [0.15, 0.2) is 0 Å². The van der Waals surface area contributed by atoms with Crippen LogP contribution in [0.3, 0.4) is 0 Å². The fraction of sp³-hybridized carbons (Fsp3) is 0.812. The summed E-state index contributed by atoms with van der Waals surface area (Å²) in [5, 5.41) is 0. The monoisotopic (exact) mass is 454 g/mol. The maximum absolute atomic E-state index is 6.13. The molecule has 2 unspecified atom stereocenters. The van der Waals surface area contributed by atoms with Gasteiger partial charge in [0.05, 0.1) is 6.61 Å². The van der Waals surface area contributed by atoms with E-state index >= 15 is 0 Å². The summed E-state index contributed by atoms with van der Waals surface area (Å²) in [7, 11) is 0. The SMILES string of the molecule is CCCCCCC1CCCCC1CCCOc1ccc(CCC2CCC(CCC)CC2)cc1. The van der Waals surface area contributed by atoms with Crippen molar-refractivity contribution < 1.29 is 4.74 Å². The molecule has 0 saturated heterocycles. The summed E-state index contributed by atoms with van der Waals surface area (Å²) < 4.78 is 6.13. The maximum atomic E-state index is 6.13. The van der Waals surface area contributed by atoms with Gasteiger partial charge in [0.25, 0.3) is 0 Å². The average molecular weight is 455 g/mol. The molecule has 0 radical (unpaired) electrons. The number of rotatable bonds is 15. The highest BCUT2D eigenvalue weighted by Gasteiger charge is 2.24. The van der Waals surface area contributed by atoms with Crippen LogP contribution in [0.1, 0.15) is 135 Å². The summed E-state index contributed by atoms with van der Waals surface area (Å²) in [6.45, 7) is 5.54. The Labute approximate surface area is 206 Å². The van der Waals surface area contributed by atoms with E-state index in [4.69, 9.17) is 4.74 Å². The molecular formula is C32H54O. The fourth-order valence-corrected chi connectivity index (χ4v) is 6.75. The van der Waals surface area contributed by atoms with Gasteiger partial charge >= 0.3 is 0 Å². The van der Waals surface area contributed by atoms with E-state index in [2.05, 4.69) is 38.1 Å². The molecule has 0 amide bonds. The first kappa shape index (κ1) is 26.6. The molecule has 1 nitrogen and oxygen atoms in total. The van der Waals surface area contributed by atoms with Gasteiger partial charge in [-0.2, -0.15) is 0 Å². The molecule has 0 N–H and O–H groups in total. The largest absolute Gasteiger partial charge is 0.494 e. The van der Waals surface area contributed by atoms with Crippen molar-refractivity contribution in [2.24, 2.45) is 23.7 Å². The second kappa shape index (κ2) is 15.8. The molecule has 1 aromatic carbocycles. The summed E-state index contributed by atoms with van der Waals surface area (Å²) in [6, 6.07) is 9.05. The van der Waals surface area contributed by atoms with Crippen LogP contribution in [0, 0.1) is 23.7 Å². The van der Waals surface area contributed by atoms with E-state index in [1.54, 1.807) is 0 Å². The zero-order valence-electron chi connectivity index (χ0n) is 22.2. The quantitative estimate of drug-likeness (QED) is 0.239. The van der Waals surface area contributed by atoms with Gasteiger partial charge < -0.3 is 4.74 Å². The first-order chi connectivity index (χ1) is 16.3. The predicted molar refractivity (Wildman–Crippen MR) is 144 cm³/mol. The highest BCUT2D eigenvalue weighted by Crippen LogP contribution is 2.37. The van der Waals surface area contributed by atoms with Crippen LogP contribution < -0.4 is 4.74 Å². The van der Waals surface area contributed by atoms with Crippen LogP contribution in [0.15, 0.2) is 24.3 Å². The summed E-state index contributed by atoms with van der Waals surface area (Å²) in [4.78, 5) is 0. The van der Waals surface area contributed by atoms with Crippen LogP contribution in [0.25, 0.3) is 0 Å². The Balaban J connectivity index is 1.28. The average Bonchev–Trinajstić information content (AvgIpc) is 2.86. The minimum Gasteiger partial charge on any atom is -0.494 e. The van der Waals surface area contributed by atoms with E-state index in [1.165, 1.54) is 128 Å². The third-order valence-electron chi connectivity index (χ3n) is 8.91. The number of aryl methyl sites for hydroxylation is 1. The van der Waals surface area contributed by atoms with Crippen LogP contribution in [0.4, 0.5) is 0 Å². The molecule has 2 saturated carbocycles. The molecule has 2 atom stereocenters. The van der Waals surface area contributed by atoms with Crippen LogP contribution in [0.5, 0.6) is 5.75 Å². The van der Waals surface area contributed by atoms with E-state index in [1.807, 2.05) is 0 Å².